The molecule has 0 aliphatic heterocycles. The predicted octanol–water partition coefficient (Wildman–Crippen LogP) is 3.44. The van der Waals surface area contributed by atoms with Gasteiger partial charge in [-0.25, -0.2) is 12.8 Å². The average molecular weight is 399 g/mol. The molecule has 1 N–H and O–H groups in total. The number of nitrogens with one attached hydrogen (secondary N) is 1. The third-order valence-electron chi connectivity index (χ3n) is 3.29. The van der Waals surface area contributed by atoms with E-state index in [1.165, 1.54) is 12.8 Å². The van der Waals surface area contributed by atoms with Crippen LogP contribution in [-0.2, 0) is 9.05 Å². The van der Waals surface area contributed by atoms with Crippen LogP contribution in [0.5, 0.6) is 0 Å². The van der Waals surface area contributed by atoms with Crippen molar-refractivity contribution < 1.29 is 17.6 Å². The Hall–Kier alpha value is -0.660. The molecule has 0 bridgehead atoms. The number of carbonyl (C=O) groups excluding carboxylic acids is 1. The Morgan fingerprint density at radius 1 is 1.43 bits per heavy atom. The van der Waals surface area contributed by atoms with Crippen LogP contribution in [0.15, 0.2) is 21.5 Å². The van der Waals surface area contributed by atoms with Crippen molar-refractivity contribution in [3.8, 4) is 0 Å². The van der Waals surface area contributed by atoms with Gasteiger partial charge in [0.15, 0.2) is 0 Å². The van der Waals surface area contributed by atoms with Gasteiger partial charge < -0.3 is 5.32 Å². The maximum atomic E-state index is 13.7. The normalized spacial score (nSPS) is 15.0. The zero-order chi connectivity index (χ0) is 15.6. The molecule has 0 atom stereocenters. The van der Waals surface area contributed by atoms with Crippen LogP contribution in [0.3, 0.4) is 0 Å². The minimum absolute atomic E-state index is 0.0682. The molecule has 0 saturated heterocycles. The standard InChI is InChI=1S/C13H14BrClFNO3S/c14-12-10(16)6-9(7-11(12)21(15,19)20)13(18)17-5-1-2-8-3-4-8/h6-8H,1-5H2,(H,17,18). The van der Waals surface area contributed by atoms with Crippen LogP contribution < -0.4 is 5.32 Å². The number of rotatable bonds is 6. The summed E-state index contributed by atoms with van der Waals surface area (Å²) >= 11 is 2.82. The number of carbonyl (C=O) groups is 1. The minimum Gasteiger partial charge on any atom is -0.352 e. The van der Waals surface area contributed by atoms with Crippen molar-refractivity contribution in [2.75, 3.05) is 6.54 Å². The Morgan fingerprint density at radius 2 is 2.10 bits per heavy atom. The summed E-state index contributed by atoms with van der Waals surface area (Å²) in [5.41, 5.74) is -0.0682. The lowest BCUT2D eigenvalue weighted by Crippen LogP contribution is -2.25. The molecule has 1 fully saturated rings. The van der Waals surface area contributed by atoms with E-state index < -0.39 is 25.7 Å². The number of hydrogen-bond donors (Lipinski definition) is 1. The lowest BCUT2D eigenvalue weighted by Gasteiger charge is -2.08. The molecule has 1 aromatic rings. The van der Waals surface area contributed by atoms with E-state index in [1.54, 1.807) is 0 Å². The molecule has 1 aliphatic rings. The highest BCUT2D eigenvalue weighted by Gasteiger charge is 2.22. The van der Waals surface area contributed by atoms with Crippen molar-refractivity contribution in [3.63, 3.8) is 0 Å². The van der Waals surface area contributed by atoms with Crippen molar-refractivity contribution in [1.29, 1.82) is 0 Å². The smallest absolute Gasteiger partial charge is 0.262 e. The first-order valence-electron chi connectivity index (χ1n) is 6.51. The van der Waals surface area contributed by atoms with E-state index >= 15 is 0 Å². The Bertz CT molecular complexity index is 662. The number of hydrogen-bond acceptors (Lipinski definition) is 3. The SMILES string of the molecule is O=C(NCCCC1CC1)c1cc(F)c(Br)c(S(=O)(=O)Cl)c1. The predicted molar refractivity (Wildman–Crippen MR) is 81.4 cm³/mol. The molecule has 4 nitrogen and oxygen atoms in total. The van der Waals surface area contributed by atoms with Crippen LogP contribution >= 0.6 is 26.6 Å². The second-order valence-electron chi connectivity index (χ2n) is 5.05. The van der Waals surface area contributed by atoms with Gasteiger partial charge in [0.1, 0.15) is 10.7 Å². The highest BCUT2D eigenvalue weighted by Crippen LogP contribution is 2.33. The van der Waals surface area contributed by atoms with Gasteiger partial charge in [-0.3, -0.25) is 4.79 Å². The van der Waals surface area contributed by atoms with Gasteiger partial charge in [0.2, 0.25) is 0 Å². The first kappa shape index (κ1) is 16.7. The largest absolute Gasteiger partial charge is 0.352 e. The van der Waals surface area contributed by atoms with Crippen molar-refractivity contribution in [1.82, 2.24) is 5.32 Å². The van der Waals surface area contributed by atoms with Gasteiger partial charge in [-0.15, -0.1) is 0 Å². The summed E-state index contributed by atoms with van der Waals surface area (Å²) in [6.07, 6.45) is 4.43. The molecular formula is C13H14BrClFNO3S. The van der Waals surface area contributed by atoms with Crippen LogP contribution in [0.1, 0.15) is 36.0 Å². The number of amides is 1. The molecule has 1 aromatic carbocycles. The maximum absolute atomic E-state index is 13.7. The number of halogens is 3. The van der Waals surface area contributed by atoms with Crippen molar-refractivity contribution in [2.24, 2.45) is 5.92 Å². The molecule has 116 valence electrons. The van der Waals surface area contributed by atoms with Gasteiger partial charge in [0.25, 0.3) is 15.0 Å². The molecule has 0 spiro atoms. The maximum Gasteiger partial charge on any atom is 0.262 e. The second-order valence-corrected chi connectivity index (χ2v) is 8.38. The van der Waals surface area contributed by atoms with Crippen molar-refractivity contribution in [3.05, 3.63) is 28.0 Å². The van der Waals surface area contributed by atoms with Gasteiger partial charge in [0.05, 0.1) is 4.47 Å². The van der Waals surface area contributed by atoms with Crippen LogP contribution in [0.4, 0.5) is 4.39 Å². The molecule has 1 amide bonds. The highest BCUT2D eigenvalue weighted by atomic mass is 79.9. The van der Waals surface area contributed by atoms with Crippen LogP contribution in [0, 0.1) is 11.7 Å². The third kappa shape index (κ3) is 4.66. The van der Waals surface area contributed by atoms with E-state index in [2.05, 4.69) is 21.2 Å². The molecule has 1 aliphatic carbocycles. The minimum atomic E-state index is -4.13. The lowest BCUT2D eigenvalue weighted by atomic mass is 10.2. The summed E-state index contributed by atoms with van der Waals surface area (Å²) in [6, 6.07) is 2.04. The summed E-state index contributed by atoms with van der Waals surface area (Å²) in [7, 11) is 1.09. The summed E-state index contributed by atoms with van der Waals surface area (Å²) in [6.45, 7) is 0.482. The van der Waals surface area contributed by atoms with Gasteiger partial charge in [-0.1, -0.05) is 12.8 Å². The Labute approximate surface area is 135 Å². The van der Waals surface area contributed by atoms with E-state index in [0.717, 1.165) is 30.9 Å². The fourth-order valence-corrected chi connectivity index (χ4v) is 4.07. The van der Waals surface area contributed by atoms with Gasteiger partial charge >= 0.3 is 0 Å². The zero-order valence-corrected chi connectivity index (χ0v) is 14.2. The van der Waals surface area contributed by atoms with Crippen molar-refractivity contribution >= 4 is 41.6 Å². The topological polar surface area (TPSA) is 63.2 Å². The summed E-state index contributed by atoms with van der Waals surface area (Å²) < 4.78 is 36.1. The molecule has 0 aromatic heterocycles. The molecule has 21 heavy (non-hydrogen) atoms. The molecular weight excluding hydrogens is 385 g/mol. The van der Waals surface area contributed by atoms with Gasteiger partial charge in [-0.05, 0) is 46.8 Å². The quantitative estimate of drug-likeness (QED) is 0.590. The van der Waals surface area contributed by atoms with E-state index in [9.17, 15) is 17.6 Å². The molecule has 2 rings (SSSR count). The third-order valence-corrected chi connectivity index (χ3v) is 5.71. The fraction of sp³-hybridized carbons (Fsp3) is 0.462. The average Bonchev–Trinajstić information content (AvgIpc) is 3.20. The first-order valence-corrected chi connectivity index (χ1v) is 9.61. The van der Waals surface area contributed by atoms with Crippen molar-refractivity contribution in [2.45, 2.75) is 30.6 Å². The van der Waals surface area contributed by atoms with Gasteiger partial charge in [-0.2, -0.15) is 0 Å². The summed E-state index contributed by atoms with van der Waals surface area (Å²) in [5, 5.41) is 2.65. The monoisotopic (exact) mass is 397 g/mol. The highest BCUT2D eigenvalue weighted by molar-refractivity contribution is 9.10. The first-order chi connectivity index (χ1) is 9.79. The zero-order valence-electron chi connectivity index (χ0n) is 11.0. The van der Waals surface area contributed by atoms with Gasteiger partial charge in [0, 0.05) is 22.8 Å². The van der Waals surface area contributed by atoms with Crippen LogP contribution in [0.25, 0.3) is 0 Å². The molecule has 0 unspecified atom stereocenters. The van der Waals surface area contributed by atoms with E-state index in [0.29, 0.717) is 6.54 Å². The number of benzene rings is 1. The second kappa shape index (κ2) is 6.62. The van der Waals surface area contributed by atoms with Crippen LogP contribution in [0.2, 0.25) is 0 Å². The molecule has 0 heterocycles. The summed E-state index contributed by atoms with van der Waals surface area (Å²) in [4.78, 5) is 11.5. The Morgan fingerprint density at radius 3 is 2.67 bits per heavy atom. The molecule has 8 heteroatoms. The van der Waals surface area contributed by atoms with E-state index in [4.69, 9.17) is 10.7 Å². The molecule has 1 saturated carbocycles. The fourth-order valence-electron chi connectivity index (χ4n) is 1.97. The van der Waals surface area contributed by atoms with Crippen LogP contribution in [-0.4, -0.2) is 20.9 Å². The molecule has 0 radical (unpaired) electrons. The Kier molecular flexibility index (Phi) is 5.27. The summed E-state index contributed by atoms with van der Waals surface area (Å²) in [5.74, 6) is -0.585. The lowest BCUT2D eigenvalue weighted by molar-refractivity contribution is 0.0952. The Balaban J connectivity index is 2.07. The van der Waals surface area contributed by atoms with E-state index in [1.807, 2.05) is 0 Å². The van der Waals surface area contributed by atoms with E-state index in [-0.39, 0.29) is 10.0 Å².